The van der Waals surface area contributed by atoms with Crippen molar-refractivity contribution in [2.24, 2.45) is 0 Å². The summed E-state index contributed by atoms with van der Waals surface area (Å²) in [5.41, 5.74) is 2.69. The minimum absolute atomic E-state index is 0.190. The first-order valence-electron chi connectivity index (χ1n) is 9.54. The first-order chi connectivity index (χ1) is 14.2. The summed E-state index contributed by atoms with van der Waals surface area (Å²) in [6.07, 6.45) is 1.76. The molecule has 0 unspecified atom stereocenters. The van der Waals surface area contributed by atoms with Gasteiger partial charge in [0.25, 0.3) is 11.8 Å². The van der Waals surface area contributed by atoms with Gasteiger partial charge in [-0.15, -0.1) is 0 Å². The Bertz CT molecular complexity index is 971. The van der Waals surface area contributed by atoms with E-state index in [2.05, 4.69) is 22.8 Å². The van der Waals surface area contributed by atoms with E-state index in [0.717, 1.165) is 12.8 Å². The van der Waals surface area contributed by atoms with Gasteiger partial charge in [-0.2, -0.15) is 0 Å². The zero-order valence-electron chi connectivity index (χ0n) is 16.4. The molecule has 148 valence electrons. The van der Waals surface area contributed by atoms with Crippen LogP contribution in [0.4, 0.5) is 5.69 Å². The molecule has 0 spiro atoms. The average molecular weight is 388 g/mol. The number of rotatable bonds is 8. The molecule has 0 fully saturated rings. The molecule has 29 heavy (non-hydrogen) atoms. The molecule has 0 heterocycles. The third kappa shape index (κ3) is 5.69. The predicted molar refractivity (Wildman–Crippen MR) is 114 cm³/mol. The SMILES string of the molecule is COc1ccccc1NC(=O)c1cccc(C(=O)NCCCc2ccccc2)c1. The van der Waals surface area contributed by atoms with E-state index in [-0.39, 0.29) is 11.8 Å². The second-order valence-corrected chi connectivity index (χ2v) is 6.58. The molecule has 0 bridgehead atoms. The van der Waals surface area contributed by atoms with Crippen molar-refractivity contribution >= 4 is 17.5 Å². The molecule has 0 saturated heterocycles. The summed E-state index contributed by atoms with van der Waals surface area (Å²) in [7, 11) is 1.55. The molecule has 0 aliphatic rings. The van der Waals surface area contributed by atoms with E-state index >= 15 is 0 Å². The van der Waals surface area contributed by atoms with E-state index < -0.39 is 0 Å². The van der Waals surface area contributed by atoms with Gasteiger partial charge in [0, 0.05) is 17.7 Å². The zero-order valence-corrected chi connectivity index (χ0v) is 16.4. The van der Waals surface area contributed by atoms with Crippen molar-refractivity contribution in [3.63, 3.8) is 0 Å². The Morgan fingerprint density at radius 1 is 0.828 bits per heavy atom. The van der Waals surface area contributed by atoms with Crippen molar-refractivity contribution in [1.29, 1.82) is 0 Å². The van der Waals surface area contributed by atoms with Crippen LogP contribution in [0.25, 0.3) is 0 Å². The van der Waals surface area contributed by atoms with Gasteiger partial charge in [-0.3, -0.25) is 9.59 Å². The smallest absolute Gasteiger partial charge is 0.255 e. The molecule has 0 saturated carbocycles. The van der Waals surface area contributed by atoms with E-state index in [1.54, 1.807) is 43.5 Å². The number of para-hydroxylation sites is 2. The van der Waals surface area contributed by atoms with Gasteiger partial charge in [0.15, 0.2) is 0 Å². The molecule has 5 nitrogen and oxygen atoms in total. The molecule has 0 aromatic heterocycles. The van der Waals surface area contributed by atoms with E-state index in [4.69, 9.17) is 4.74 Å². The summed E-state index contributed by atoms with van der Waals surface area (Å²) in [4.78, 5) is 25.0. The molecular formula is C24H24N2O3. The third-order valence-electron chi connectivity index (χ3n) is 4.51. The van der Waals surface area contributed by atoms with E-state index in [1.807, 2.05) is 30.3 Å². The van der Waals surface area contributed by atoms with Crippen LogP contribution in [-0.4, -0.2) is 25.5 Å². The Labute approximate surface area is 170 Å². The number of amides is 2. The number of aryl methyl sites for hydroxylation is 1. The van der Waals surface area contributed by atoms with Crippen molar-refractivity contribution < 1.29 is 14.3 Å². The lowest BCUT2D eigenvalue weighted by atomic mass is 10.1. The van der Waals surface area contributed by atoms with Crippen molar-refractivity contribution in [3.8, 4) is 5.75 Å². The van der Waals surface area contributed by atoms with Crippen molar-refractivity contribution in [2.45, 2.75) is 12.8 Å². The number of hydrogen-bond acceptors (Lipinski definition) is 3. The minimum atomic E-state index is -0.298. The average Bonchev–Trinajstić information content (AvgIpc) is 2.77. The standard InChI is InChI=1S/C24H24N2O3/c1-29-22-15-6-5-14-21(22)26-24(28)20-13-7-12-19(17-20)23(27)25-16-8-11-18-9-3-2-4-10-18/h2-7,9-10,12-15,17H,8,11,16H2,1H3,(H,25,27)(H,26,28). The molecule has 3 aromatic carbocycles. The Balaban J connectivity index is 1.56. The maximum atomic E-state index is 12.6. The monoisotopic (exact) mass is 388 g/mol. The fourth-order valence-corrected chi connectivity index (χ4v) is 2.99. The molecule has 3 rings (SSSR count). The van der Waals surface area contributed by atoms with Crippen LogP contribution < -0.4 is 15.4 Å². The van der Waals surface area contributed by atoms with Gasteiger partial charge in [-0.1, -0.05) is 48.5 Å². The Morgan fingerprint density at radius 3 is 2.28 bits per heavy atom. The van der Waals surface area contributed by atoms with Crippen molar-refractivity contribution in [1.82, 2.24) is 5.32 Å². The number of methoxy groups -OCH3 is 1. The first-order valence-corrected chi connectivity index (χ1v) is 9.54. The number of carbonyl (C=O) groups excluding carboxylic acids is 2. The van der Waals surface area contributed by atoms with E-state index in [1.165, 1.54) is 5.56 Å². The summed E-state index contributed by atoms with van der Waals surface area (Å²) in [5.74, 6) is 0.0893. The van der Waals surface area contributed by atoms with Crippen LogP contribution >= 0.6 is 0 Å². The lowest BCUT2D eigenvalue weighted by Crippen LogP contribution is -2.25. The maximum Gasteiger partial charge on any atom is 0.255 e. The van der Waals surface area contributed by atoms with Crippen molar-refractivity contribution in [2.75, 3.05) is 19.0 Å². The fraction of sp³-hybridized carbons (Fsp3) is 0.167. The van der Waals surface area contributed by atoms with E-state index in [0.29, 0.717) is 29.1 Å². The lowest BCUT2D eigenvalue weighted by Gasteiger charge is -2.10. The van der Waals surface area contributed by atoms with Crippen LogP contribution in [0.2, 0.25) is 0 Å². The fourth-order valence-electron chi connectivity index (χ4n) is 2.99. The highest BCUT2D eigenvalue weighted by atomic mass is 16.5. The van der Waals surface area contributed by atoms with Gasteiger partial charge in [-0.05, 0) is 48.7 Å². The van der Waals surface area contributed by atoms with Crippen LogP contribution in [-0.2, 0) is 6.42 Å². The number of anilines is 1. The first kappa shape index (κ1) is 20.1. The number of ether oxygens (including phenoxy) is 1. The summed E-state index contributed by atoms with van der Waals surface area (Å²) in [6, 6.07) is 24.0. The molecule has 2 N–H and O–H groups in total. The molecule has 3 aromatic rings. The molecule has 0 aliphatic heterocycles. The van der Waals surface area contributed by atoms with Gasteiger partial charge in [0.2, 0.25) is 0 Å². The highest BCUT2D eigenvalue weighted by molar-refractivity contribution is 6.06. The molecule has 2 amide bonds. The van der Waals surface area contributed by atoms with Crippen LogP contribution in [0, 0.1) is 0 Å². The summed E-state index contributed by atoms with van der Waals surface area (Å²) < 4.78 is 5.25. The van der Waals surface area contributed by atoms with Gasteiger partial charge >= 0.3 is 0 Å². The number of nitrogens with one attached hydrogen (secondary N) is 2. The van der Waals surface area contributed by atoms with E-state index in [9.17, 15) is 9.59 Å². The van der Waals surface area contributed by atoms with Crippen molar-refractivity contribution in [3.05, 3.63) is 95.6 Å². The predicted octanol–water partition coefficient (Wildman–Crippen LogP) is 4.31. The Hall–Kier alpha value is -3.60. The lowest BCUT2D eigenvalue weighted by molar-refractivity contribution is 0.0953. The third-order valence-corrected chi connectivity index (χ3v) is 4.51. The van der Waals surface area contributed by atoms with Gasteiger partial charge in [0.05, 0.1) is 12.8 Å². The maximum absolute atomic E-state index is 12.6. The molecule has 0 radical (unpaired) electrons. The molecule has 0 atom stereocenters. The second kappa shape index (κ2) is 10.1. The molecular weight excluding hydrogens is 364 g/mol. The summed E-state index contributed by atoms with van der Waals surface area (Å²) in [6.45, 7) is 0.575. The number of benzene rings is 3. The van der Waals surface area contributed by atoms with Gasteiger partial charge in [-0.25, -0.2) is 0 Å². The number of hydrogen-bond donors (Lipinski definition) is 2. The quantitative estimate of drug-likeness (QED) is 0.565. The largest absolute Gasteiger partial charge is 0.495 e. The van der Waals surface area contributed by atoms with Crippen LogP contribution in [0.1, 0.15) is 32.7 Å². The molecule has 5 heteroatoms. The number of carbonyl (C=O) groups is 2. The Morgan fingerprint density at radius 2 is 1.52 bits per heavy atom. The summed E-state index contributed by atoms with van der Waals surface area (Å²) in [5, 5.41) is 5.73. The normalized spacial score (nSPS) is 10.2. The minimum Gasteiger partial charge on any atom is -0.495 e. The molecule has 0 aliphatic carbocycles. The Kier molecular flexibility index (Phi) is 7.00. The topological polar surface area (TPSA) is 67.4 Å². The zero-order chi connectivity index (χ0) is 20.5. The summed E-state index contributed by atoms with van der Waals surface area (Å²) >= 11 is 0. The highest BCUT2D eigenvalue weighted by Crippen LogP contribution is 2.23. The van der Waals surface area contributed by atoms with Crippen LogP contribution in [0.15, 0.2) is 78.9 Å². The van der Waals surface area contributed by atoms with Crippen LogP contribution in [0.3, 0.4) is 0 Å². The van der Waals surface area contributed by atoms with Gasteiger partial charge in [0.1, 0.15) is 5.75 Å². The second-order valence-electron chi connectivity index (χ2n) is 6.58. The van der Waals surface area contributed by atoms with Crippen LogP contribution in [0.5, 0.6) is 5.75 Å². The van der Waals surface area contributed by atoms with Gasteiger partial charge < -0.3 is 15.4 Å². The highest BCUT2D eigenvalue weighted by Gasteiger charge is 2.12.